The zero-order valence-electron chi connectivity index (χ0n) is 9.84. The van der Waals surface area contributed by atoms with Crippen molar-refractivity contribution in [3.05, 3.63) is 36.0 Å². The van der Waals surface area contributed by atoms with Gasteiger partial charge in [-0.25, -0.2) is 0 Å². The Balaban J connectivity index is 2.03. The topological polar surface area (TPSA) is 48.2 Å². The van der Waals surface area contributed by atoms with Gasteiger partial charge < -0.3 is 9.26 Å². The molecule has 4 nitrogen and oxygen atoms in total. The third-order valence-electron chi connectivity index (χ3n) is 2.07. The smallest absolute Gasteiger partial charge is 0.264 e. The minimum absolute atomic E-state index is 0.308. The third-order valence-corrected chi connectivity index (χ3v) is 3.01. The minimum Gasteiger partial charge on any atom is -0.483 e. The maximum absolute atomic E-state index is 5.67. The fourth-order valence-electron chi connectivity index (χ4n) is 1.38. The van der Waals surface area contributed by atoms with Gasteiger partial charge in [0.2, 0.25) is 0 Å². The molecule has 0 amide bonds. The van der Waals surface area contributed by atoms with Gasteiger partial charge >= 0.3 is 0 Å². The molecule has 0 saturated carbocycles. The SMILES string of the molecule is CCSc1ccccc1OCc1nc(C)no1. The fourth-order valence-corrected chi connectivity index (χ4v) is 2.14. The number of aromatic nitrogens is 2. The van der Waals surface area contributed by atoms with Crippen LogP contribution in [0, 0.1) is 6.92 Å². The molecule has 0 aliphatic rings. The number of thioether (sulfide) groups is 1. The van der Waals surface area contributed by atoms with E-state index in [-0.39, 0.29) is 0 Å². The summed E-state index contributed by atoms with van der Waals surface area (Å²) in [6, 6.07) is 7.94. The number of aryl methyl sites for hydroxylation is 1. The molecule has 2 rings (SSSR count). The van der Waals surface area contributed by atoms with Crippen molar-refractivity contribution in [2.24, 2.45) is 0 Å². The molecule has 1 aromatic heterocycles. The van der Waals surface area contributed by atoms with Crippen LogP contribution in [0.15, 0.2) is 33.7 Å². The second kappa shape index (κ2) is 5.72. The molecule has 17 heavy (non-hydrogen) atoms. The van der Waals surface area contributed by atoms with Crippen molar-refractivity contribution in [2.75, 3.05) is 5.75 Å². The van der Waals surface area contributed by atoms with Crippen molar-refractivity contribution in [1.82, 2.24) is 10.1 Å². The van der Waals surface area contributed by atoms with Crippen LogP contribution >= 0.6 is 11.8 Å². The summed E-state index contributed by atoms with van der Waals surface area (Å²) in [6.07, 6.45) is 0. The van der Waals surface area contributed by atoms with Gasteiger partial charge in [0.25, 0.3) is 5.89 Å². The molecule has 0 spiro atoms. The van der Waals surface area contributed by atoms with Crippen molar-refractivity contribution in [1.29, 1.82) is 0 Å². The normalized spacial score (nSPS) is 10.5. The first-order valence-corrected chi connectivity index (χ1v) is 6.42. The first kappa shape index (κ1) is 12.0. The summed E-state index contributed by atoms with van der Waals surface area (Å²) in [4.78, 5) is 5.22. The standard InChI is InChI=1S/C12H14N2O2S/c1-3-17-11-7-5-4-6-10(11)15-8-12-13-9(2)14-16-12/h4-7H,3,8H2,1-2H3. The van der Waals surface area contributed by atoms with E-state index in [0.29, 0.717) is 18.3 Å². The average molecular weight is 250 g/mol. The molecule has 90 valence electrons. The van der Waals surface area contributed by atoms with E-state index in [4.69, 9.17) is 9.26 Å². The summed E-state index contributed by atoms with van der Waals surface area (Å²) in [5.41, 5.74) is 0. The van der Waals surface area contributed by atoms with Gasteiger partial charge in [-0.3, -0.25) is 0 Å². The molecule has 0 atom stereocenters. The van der Waals surface area contributed by atoms with Crippen molar-refractivity contribution in [3.63, 3.8) is 0 Å². The Morgan fingerprint density at radius 3 is 2.88 bits per heavy atom. The summed E-state index contributed by atoms with van der Waals surface area (Å²) in [6.45, 7) is 4.21. The number of ether oxygens (including phenoxy) is 1. The predicted molar refractivity (Wildman–Crippen MR) is 66.2 cm³/mol. The Kier molecular flexibility index (Phi) is 4.03. The quantitative estimate of drug-likeness (QED) is 0.763. The molecule has 0 bridgehead atoms. The lowest BCUT2D eigenvalue weighted by molar-refractivity contribution is 0.238. The molecule has 0 radical (unpaired) electrons. The highest BCUT2D eigenvalue weighted by Crippen LogP contribution is 2.29. The van der Waals surface area contributed by atoms with Crippen LogP contribution < -0.4 is 4.74 Å². The van der Waals surface area contributed by atoms with Crippen molar-refractivity contribution in [2.45, 2.75) is 25.3 Å². The van der Waals surface area contributed by atoms with E-state index in [0.717, 1.165) is 16.4 Å². The summed E-state index contributed by atoms with van der Waals surface area (Å²) in [7, 11) is 0. The molecule has 0 unspecified atom stereocenters. The number of hydrogen-bond acceptors (Lipinski definition) is 5. The van der Waals surface area contributed by atoms with Crippen LogP contribution in [-0.4, -0.2) is 15.9 Å². The Morgan fingerprint density at radius 2 is 2.18 bits per heavy atom. The second-order valence-electron chi connectivity index (χ2n) is 3.40. The van der Waals surface area contributed by atoms with Gasteiger partial charge in [-0.1, -0.05) is 24.2 Å². The summed E-state index contributed by atoms with van der Waals surface area (Å²) in [5.74, 6) is 2.99. The molecule has 5 heteroatoms. The molecule has 0 fully saturated rings. The first-order valence-electron chi connectivity index (χ1n) is 5.43. The lowest BCUT2D eigenvalue weighted by Crippen LogP contribution is -1.97. The number of para-hydroxylation sites is 1. The van der Waals surface area contributed by atoms with Crippen LogP contribution in [0.5, 0.6) is 5.75 Å². The molecule has 0 aliphatic carbocycles. The molecule has 0 saturated heterocycles. The maximum Gasteiger partial charge on any atom is 0.264 e. The molecule has 1 heterocycles. The van der Waals surface area contributed by atoms with Gasteiger partial charge in [-0.05, 0) is 24.8 Å². The van der Waals surface area contributed by atoms with Crippen LogP contribution in [0.3, 0.4) is 0 Å². The van der Waals surface area contributed by atoms with Crippen LogP contribution in [0.25, 0.3) is 0 Å². The molecule has 1 aromatic carbocycles. The van der Waals surface area contributed by atoms with E-state index >= 15 is 0 Å². The van der Waals surface area contributed by atoms with Gasteiger partial charge in [0, 0.05) is 4.90 Å². The number of rotatable bonds is 5. The highest BCUT2D eigenvalue weighted by atomic mass is 32.2. The Labute approximate surface area is 104 Å². The Bertz CT molecular complexity index is 485. The van der Waals surface area contributed by atoms with E-state index in [1.165, 1.54) is 0 Å². The maximum atomic E-state index is 5.67. The van der Waals surface area contributed by atoms with E-state index in [2.05, 4.69) is 17.1 Å². The van der Waals surface area contributed by atoms with E-state index in [9.17, 15) is 0 Å². The van der Waals surface area contributed by atoms with E-state index in [1.807, 2.05) is 24.3 Å². The van der Waals surface area contributed by atoms with Gasteiger partial charge in [0.1, 0.15) is 5.75 Å². The highest BCUT2D eigenvalue weighted by Gasteiger charge is 2.06. The van der Waals surface area contributed by atoms with Gasteiger partial charge in [0.05, 0.1) is 0 Å². The lowest BCUT2D eigenvalue weighted by atomic mass is 10.3. The first-order chi connectivity index (χ1) is 8.29. The minimum atomic E-state index is 0.308. The van der Waals surface area contributed by atoms with Crippen LogP contribution in [0.4, 0.5) is 0 Å². The van der Waals surface area contributed by atoms with Gasteiger partial charge in [-0.2, -0.15) is 4.98 Å². The molecule has 2 aromatic rings. The second-order valence-corrected chi connectivity index (χ2v) is 4.71. The van der Waals surface area contributed by atoms with Crippen molar-refractivity contribution >= 4 is 11.8 Å². The van der Waals surface area contributed by atoms with E-state index < -0.39 is 0 Å². The zero-order valence-corrected chi connectivity index (χ0v) is 10.7. The average Bonchev–Trinajstić information content (AvgIpc) is 2.74. The Morgan fingerprint density at radius 1 is 1.35 bits per heavy atom. The zero-order chi connectivity index (χ0) is 12.1. The van der Waals surface area contributed by atoms with Crippen LogP contribution in [0.1, 0.15) is 18.6 Å². The number of hydrogen-bond donors (Lipinski definition) is 0. The Hall–Kier alpha value is -1.49. The summed E-state index contributed by atoms with van der Waals surface area (Å²) < 4.78 is 10.7. The molecular weight excluding hydrogens is 236 g/mol. The van der Waals surface area contributed by atoms with Crippen LogP contribution in [-0.2, 0) is 6.61 Å². The van der Waals surface area contributed by atoms with Crippen LogP contribution in [0.2, 0.25) is 0 Å². The van der Waals surface area contributed by atoms with Crippen molar-refractivity contribution < 1.29 is 9.26 Å². The lowest BCUT2D eigenvalue weighted by Gasteiger charge is -2.08. The summed E-state index contributed by atoms with van der Waals surface area (Å²) >= 11 is 1.75. The molecular formula is C12H14N2O2S. The molecule has 0 N–H and O–H groups in total. The monoisotopic (exact) mass is 250 g/mol. The number of nitrogens with zero attached hydrogens (tertiary/aromatic N) is 2. The predicted octanol–water partition coefficient (Wildman–Crippen LogP) is 3.07. The molecule has 0 aliphatic heterocycles. The van der Waals surface area contributed by atoms with Gasteiger partial charge in [-0.15, -0.1) is 11.8 Å². The fraction of sp³-hybridized carbons (Fsp3) is 0.333. The largest absolute Gasteiger partial charge is 0.483 e. The van der Waals surface area contributed by atoms with Gasteiger partial charge in [0.15, 0.2) is 12.4 Å². The summed E-state index contributed by atoms with van der Waals surface area (Å²) in [5, 5.41) is 3.72. The highest BCUT2D eigenvalue weighted by molar-refractivity contribution is 7.99. The van der Waals surface area contributed by atoms with E-state index in [1.54, 1.807) is 18.7 Å². The number of benzene rings is 1. The van der Waals surface area contributed by atoms with Crippen molar-refractivity contribution in [3.8, 4) is 5.75 Å². The third kappa shape index (κ3) is 3.23.